The molecule has 1 aliphatic heterocycles. The van der Waals surface area contributed by atoms with E-state index in [2.05, 4.69) is 12.2 Å². The fourth-order valence-electron chi connectivity index (χ4n) is 3.07. The molecule has 0 bridgehead atoms. The maximum absolute atomic E-state index is 13.8. The zero-order chi connectivity index (χ0) is 10.7. The predicted molar refractivity (Wildman–Crippen MR) is 58.7 cm³/mol. The molecule has 1 heterocycles. The van der Waals surface area contributed by atoms with Crippen LogP contribution in [0.25, 0.3) is 0 Å². The molecule has 1 nitrogen and oxygen atoms in total. The zero-order valence-electron chi connectivity index (χ0n) is 8.61. The van der Waals surface area contributed by atoms with Crippen LogP contribution in [0.2, 0.25) is 5.02 Å². The quantitative estimate of drug-likeness (QED) is 0.775. The smallest absolute Gasteiger partial charge is 0.128 e. The van der Waals surface area contributed by atoms with Crippen LogP contribution in [-0.4, -0.2) is 13.1 Å². The molecule has 0 amide bonds. The Labute approximate surface area is 93.6 Å². The standard InChI is InChI=1S/C12H13ClFN/c1-11-5-12(11,7-15-6-11)9-3-2-8(13)4-10(9)14/h2-4,15H,5-7H2,1H3. The summed E-state index contributed by atoms with van der Waals surface area (Å²) >= 11 is 5.76. The SMILES string of the molecule is CC12CNCC1(c1ccc(Cl)cc1F)C2. The van der Waals surface area contributed by atoms with E-state index in [9.17, 15) is 4.39 Å². The number of halogens is 2. The molecule has 2 aliphatic rings. The van der Waals surface area contributed by atoms with Gasteiger partial charge in [0.1, 0.15) is 5.82 Å². The molecule has 2 unspecified atom stereocenters. The molecule has 2 fully saturated rings. The number of hydrogen-bond donors (Lipinski definition) is 1. The zero-order valence-corrected chi connectivity index (χ0v) is 9.37. The molecule has 3 rings (SSSR count). The molecule has 1 N–H and O–H groups in total. The molecular formula is C12H13ClFN. The van der Waals surface area contributed by atoms with Gasteiger partial charge in [0.25, 0.3) is 0 Å². The molecule has 3 heteroatoms. The van der Waals surface area contributed by atoms with Gasteiger partial charge in [-0.3, -0.25) is 0 Å². The second-order valence-corrected chi connectivity index (χ2v) is 5.48. The first-order valence-electron chi connectivity index (χ1n) is 5.24. The second-order valence-electron chi connectivity index (χ2n) is 5.05. The maximum atomic E-state index is 13.8. The lowest BCUT2D eigenvalue weighted by Gasteiger charge is -2.15. The monoisotopic (exact) mass is 225 g/mol. The summed E-state index contributed by atoms with van der Waals surface area (Å²) in [4.78, 5) is 0. The Morgan fingerprint density at radius 2 is 2.20 bits per heavy atom. The van der Waals surface area contributed by atoms with Gasteiger partial charge in [0.2, 0.25) is 0 Å². The van der Waals surface area contributed by atoms with Crippen molar-refractivity contribution in [2.45, 2.75) is 18.8 Å². The van der Waals surface area contributed by atoms with Crippen LogP contribution >= 0.6 is 11.6 Å². The highest BCUT2D eigenvalue weighted by Gasteiger charge is 2.68. The van der Waals surface area contributed by atoms with Crippen LogP contribution in [-0.2, 0) is 5.41 Å². The molecule has 1 aliphatic carbocycles. The predicted octanol–water partition coefficient (Wildman–Crippen LogP) is 2.73. The van der Waals surface area contributed by atoms with Crippen LogP contribution in [0.5, 0.6) is 0 Å². The minimum absolute atomic E-state index is 0.0294. The van der Waals surface area contributed by atoms with Crippen molar-refractivity contribution in [1.29, 1.82) is 0 Å². The van der Waals surface area contributed by atoms with Gasteiger partial charge in [-0.05, 0) is 29.5 Å². The molecular weight excluding hydrogens is 213 g/mol. The Balaban J connectivity index is 2.08. The van der Waals surface area contributed by atoms with E-state index >= 15 is 0 Å². The Morgan fingerprint density at radius 3 is 2.73 bits per heavy atom. The van der Waals surface area contributed by atoms with Crippen LogP contribution in [0.1, 0.15) is 18.9 Å². The third-order valence-electron chi connectivity index (χ3n) is 4.11. The summed E-state index contributed by atoms with van der Waals surface area (Å²) in [6.07, 6.45) is 1.09. The molecule has 1 saturated carbocycles. The van der Waals surface area contributed by atoms with Crippen LogP contribution in [0.3, 0.4) is 0 Å². The average molecular weight is 226 g/mol. The summed E-state index contributed by atoms with van der Waals surface area (Å²) in [7, 11) is 0. The van der Waals surface area contributed by atoms with Crippen molar-refractivity contribution < 1.29 is 4.39 Å². The van der Waals surface area contributed by atoms with E-state index in [0.717, 1.165) is 25.1 Å². The number of nitrogens with one attached hydrogen (secondary N) is 1. The summed E-state index contributed by atoms with van der Waals surface area (Å²) in [5.74, 6) is -0.157. The van der Waals surface area contributed by atoms with Gasteiger partial charge in [-0.2, -0.15) is 0 Å². The summed E-state index contributed by atoms with van der Waals surface area (Å²) in [6.45, 7) is 4.11. The van der Waals surface area contributed by atoms with E-state index in [1.807, 2.05) is 6.07 Å². The highest BCUT2D eigenvalue weighted by molar-refractivity contribution is 6.30. The molecule has 15 heavy (non-hydrogen) atoms. The molecule has 80 valence electrons. The van der Waals surface area contributed by atoms with E-state index in [4.69, 9.17) is 11.6 Å². The van der Waals surface area contributed by atoms with Gasteiger partial charge in [0, 0.05) is 23.5 Å². The van der Waals surface area contributed by atoms with E-state index in [1.54, 1.807) is 6.07 Å². The Morgan fingerprint density at radius 1 is 1.40 bits per heavy atom. The first-order valence-corrected chi connectivity index (χ1v) is 5.62. The number of hydrogen-bond acceptors (Lipinski definition) is 1. The van der Waals surface area contributed by atoms with E-state index in [0.29, 0.717) is 5.02 Å². The molecule has 2 atom stereocenters. The van der Waals surface area contributed by atoms with Crippen molar-refractivity contribution >= 4 is 11.6 Å². The largest absolute Gasteiger partial charge is 0.315 e. The molecule has 0 spiro atoms. The summed E-state index contributed by atoms with van der Waals surface area (Å²) in [5.41, 5.74) is 1.11. The number of rotatable bonds is 1. The van der Waals surface area contributed by atoms with Crippen molar-refractivity contribution in [1.82, 2.24) is 5.32 Å². The highest BCUT2D eigenvalue weighted by Crippen LogP contribution is 2.66. The molecule has 1 aromatic carbocycles. The van der Waals surface area contributed by atoms with E-state index in [1.165, 1.54) is 6.07 Å². The van der Waals surface area contributed by atoms with Crippen LogP contribution in [0.15, 0.2) is 18.2 Å². The first-order chi connectivity index (χ1) is 7.07. The first kappa shape index (κ1) is 9.61. The van der Waals surface area contributed by atoms with Crippen LogP contribution < -0.4 is 5.32 Å². The van der Waals surface area contributed by atoms with Crippen molar-refractivity contribution in [2.75, 3.05) is 13.1 Å². The lowest BCUT2D eigenvalue weighted by Crippen LogP contribution is -2.20. The van der Waals surface area contributed by atoms with Gasteiger partial charge in [-0.1, -0.05) is 24.6 Å². The Hall–Kier alpha value is -0.600. The molecule has 0 radical (unpaired) electrons. The van der Waals surface area contributed by atoms with Gasteiger partial charge in [0.05, 0.1) is 0 Å². The summed E-state index contributed by atoms with van der Waals surface area (Å²) in [5, 5.41) is 3.82. The summed E-state index contributed by atoms with van der Waals surface area (Å²) in [6, 6.07) is 5.05. The van der Waals surface area contributed by atoms with Gasteiger partial charge in [-0.25, -0.2) is 4.39 Å². The second kappa shape index (κ2) is 2.74. The molecule has 1 saturated heterocycles. The van der Waals surface area contributed by atoms with Crippen molar-refractivity contribution in [2.24, 2.45) is 5.41 Å². The molecule has 0 aromatic heterocycles. The normalized spacial score (nSPS) is 37.8. The fourth-order valence-corrected chi connectivity index (χ4v) is 3.23. The van der Waals surface area contributed by atoms with E-state index < -0.39 is 0 Å². The van der Waals surface area contributed by atoms with Crippen LogP contribution in [0.4, 0.5) is 4.39 Å². The van der Waals surface area contributed by atoms with Gasteiger partial charge in [0.15, 0.2) is 0 Å². The highest BCUT2D eigenvalue weighted by atomic mass is 35.5. The van der Waals surface area contributed by atoms with Gasteiger partial charge < -0.3 is 5.32 Å². The number of piperidine rings is 1. The third-order valence-corrected chi connectivity index (χ3v) is 4.35. The molecule has 1 aromatic rings. The van der Waals surface area contributed by atoms with E-state index in [-0.39, 0.29) is 16.6 Å². The third kappa shape index (κ3) is 1.12. The topological polar surface area (TPSA) is 12.0 Å². The number of fused-ring (bicyclic) bond motifs is 1. The van der Waals surface area contributed by atoms with Gasteiger partial charge in [-0.15, -0.1) is 0 Å². The Kier molecular flexibility index (Phi) is 1.76. The number of benzene rings is 1. The lowest BCUT2D eigenvalue weighted by molar-refractivity contribution is 0.525. The van der Waals surface area contributed by atoms with Crippen molar-refractivity contribution in [3.05, 3.63) is 34.6 Å². The lowest BCUT2D eigenvalue weighted by atomic mass is 9.89. The maximum Gasteiger partial charge on any atom is 0.128 e. The Bertz CT molecular complexity index is 430. The van der Waals surface area contributed by atoms with Crippen molar-refractivity contribution in [3.8, 4) is 0 Å². The van der Waals surface area contributed by atoms with Gasteiger partial charge >= 0.3 is 0 Å². The minimum Gasteiger partial charge on any atom is -0.315 e. The fraction of sp³-hybridized carbons (Fsp3) is 0.500. The average Bonchev–Trinajstić information content (AvgIpc) is 2.60. The van der Waals surface area contributed by atoms with Crippen molar-refractivity contribution in [3.63, 3.8) is 0 Å². The van der Waals surface area contributed by atoms with Crippen LogP contribution in [0, 0.1) is 11.2 Å². The minimum atomic E-state index is -0.157. The summed E-state index contributed by atoms with van der Waals surface area (Å²) < 4.78 is 13.8.